The van der Waals surface area contributed by atoms with Crippen molar-refractivity contribution in [1.29, 1.82) is 0 Å². The third-order valence-corrected chi connectivity index (χ3v) is 5.62. The second kappa shape index (κ2) is 7.13. The van der Waals surface area contributed by atoms with E-state index in [4.69, 9.17) is 9.47 Å². The van der Waals surface area contributed by atoms with Crippen molar-refractivity contribution in [1.82, 2.24) is 5.32 Å². The van der Waals surface area contributed by atoms with E-state index in [0.717, 1.165) is 25.6 Å². The van der Waals surface area contributed by atoms with Crippen LogP contribution in [0.5, 0.6) is 0 Å². The van der Waals surface area contributed by atoms with Crippen molar-refractivity contribution in [3.8, 4) is 0 Å². The highest BCUT2D eigenvalue weighted by molar-refractivity contribution is 7.99. The Morgan fingerprint density at radius 2 is 2.44 bits per heavy atom. The third kappa shape index (κ3) is 3.62. The molecule has 106 valence electrons. The molecule has 0 aromatic carbocycles. The highest BCUT2D eigenvalue weighted by Gasteiger charge is 2.42. The number of methoxy groups -OCH3 is 1. The minimum absolute atomic E-state index is 0.212. The van der Waals surface area contributed by atoms with Gasteiger partial charge in [0.25, 0.3) is 0 Å². The Kier molecular flexibility index (Phi) is 5.80. The van der Waals surface area contributed by atoms with E-state index < -0.39 is 0 Å². The second-order valence-electron chi connectivity index (χ2n) is 5.62. The van der Waals surface area contributed by atoms with Gasteiger partial charge in [-0.3, -0.25) is 0 Å². The molecular formula is C14H27NO2S. The molecule has 0 aromatic heterocycles. The highest BCUT2D eigenvalue weighted by atomic mass is 32.2. The molecule has 3 atom stereocenters. The molecule has 1 N–H and O–H groups in total. The molecule has 2 rings (SSSR count). The van der Waals surface area contributed by atoms with Gasteiger partial charge >= 0.3 is 0 Å². The van der Waals surface area contributed by atoms with Crippen molar-refractivity contribution in [3.05, 3.63) is 0 Å². The van der Waals surface area contributed by atoms with E-state index in [1.807, 2.05) is 0 Å². The van der Waals surface area contributed by atoms with E-state index in [9.17, 15) is 0 Å². The lowest BCUT2D eigenvalue weighted by molar-refractivity contribution is -0.0853. The van der Waals surface area contributed by atoms with Crippen molar-refractivity contribution in [2.45, 2.75) is 43.7 Å². The molecule has 0 aliphatic carbocycles. The molecule has 18 heavy (non-hydrogen) atoms. The predicted molar refractivity (Wildman–Crippen MR) is 77.3 cm³/mol. The van der Waals surface area contributed by atoms with E-state index >= 15 is 0 Å². The summed E-state index contributed by atoms with van der Waals surface area (Å²) in [6.45, 7) is 1.83. The van der Waals surface area contributed by atoms with Crippen LogP contribution in [0.3, 0.4) is 0 Å². The van der Waals surface area contributed by atoms with Crippen LogP contribution in [0.1, 0.15) is 32.1 Å². The van der Waals surface area contributed by atoms with Gasteiger partial charge in [0.2, 0.25) is 0 Å². The first kappa shape index (κ1) is 14.6. The quantitative estimate of drug-likeness (QED) is 0.752. The van der Waals surface area contributed by atoms with Crippen LogP contribution in [-0.2, 0) is 9.47 Å². The summed E-state index contributed by atoms with van der Waals surface area (Å²) in [5.74, 6) is 3.26. The molecule has 0 bridgehead atoms. The first-order valence-electron chi connectivity index (χ1n) is 7.17. The van der Waals surface area contributed by atoms with Crippen LogP contribution >= 0.6 is 11.8 Å². The van der Waals surface area contributed by atoms with Crippen molar-refractivity contribution < 1.29 is 9.47 Å². The van der Waals surface area contributed by atoms with Crippen molar-refractivity contribution in [2.24, 2.45) is 5.92 Å². The van der Waals surface area contributed by atoms with E-state index in [0.29, 0.717) is 6.04 Å². The Morgan fingerprint density at radius 3 is 3.11 bits per heavy atom. The Bertz CT molecular complexity index is 244. The smallest absolute Gasteiger partial charge is 0.0783 e. The summed E-state index contributed by atoms with van der Waals surface area (Å²) in [6, 6.07) is 0.631. The topological polar surface area (TPSA) is 30.5 Å². The van der Waals surface area contributed by atoms with Gasteiger partial charge in [0, 0.05) is 32.1 Å². The number of rotatable bonds is 6. The zero-order chi connectivity index (χ0) is 12.8. The van der Waals surface area contributed by atoms with Gasteiger partial charge in [-0.1, -0.05) is 0 Å². The van der Waals surface area contributed by atoms with E-state index in [2.05, 4.69) is 24.1 Å². The van der Waals surface area contributed by atoms with Crippen molar-refractivity contribution >= 4 is 11.8 Å². The number of hydrogen-bond acceptors (Lipinski definition) is 4. The molecule has 0 aromatic rings. The molecule has 2 aliphatic rings. The lowest BCUT2D eigenvalue weighted by atomic mass is 9.80. The molecule has 0 saturated carbocycles. The molecular weight excluding hydrogens is 246 g/mol. The SMILES string of the molecule is CNC(CCCOC)C1CCOC2(CCSC2)C1. The summed E-state index contributed by atoms with van der Waals surface area (Å²) in [7, 11) is 3.89. The molecule has 3 nitrogen and oxygen atoms in total. The number of nitrogens with one attached hydrogen (secondary N) is 1. The Labute approximate surface area is 115 Å². The highest BCUT2D eigenvalue weighted by Crippen LogP contribution is 2.41. The summed E-state index contributed by atoms with van der Waals surface area (Å²) >= 11 is 2.06. The summed E-state index contributed by atoms with van der Waals surface area (Å²) in [6.07, 6.45) is 6.09. The largest absolute Gasteiger partial charge is 0.385 e. The van der Waals surface area contributed by atoms with Crippen LogP contribution in [0.25, 0.3) is 0 Å². The molecule has 2 fully saturated rings. The molecule has 0 amide bonds. The molecule has 4 heteroatoms. The molecule has 2 saturated heterocycles. The zero-order valence-electron chi connectivity index (χ0n) is 11.7. The van der Waals surface area contributed by atoms with Crippen LogP contribution in [-0.4, -0.2) is 50.5 Å². The molecule has 2 heterocycles. The lowest BCUT2D eigenvalue weighted by Crippen LogP contribution is -2.46. The van der Waals surface area contributed by atoms with Crippen molar-refractivity contribution in [2.75, 3.05) is 38.9 Å². The Hall–Kier alpha value is 0.230. The second-order valence-corrected chi connectivity index (χ2v) is 6.72. The van der Waals surface area contributed by atoms with Gasteiger partial charge in [-0.25, -0.2) is 0 Å². The molecule has 3 unspecified atom stereocenters. The van der Waals surface area contributed by atoms with Gasteiger partial charge < -0.3 is 14.8 Å². The van der Waals surface area contributed by atoms with Gasteiger partial charge in [0.05, 0.1) is 5.60 Å². The fourth-order valence-corrected chi connectivity index (χ4v) is 4.71. The number of thioether (sulfide) groups is 1. The number of hydrogen-bond donors (Lipinski definition) is 1. The van der Waals surface area contributed by atoms with Gasteiger partial charge in [-0.15, -0.1) is 0 Å². The summed E-state index contributed by atoms with van der Waals surface area (Å²) in [4.78, 5) is 0. The molecule has 1 spiro atoms. The van der Waals surface area contributed by atoms with E-state index in [1.165, 1.54) is 37.2 Å². The minimum atomic E-state index is 0.212. The van der Waals surface area contributed by atoms with E-state index in [1.54, 1.807) is 7.11 Å². The van der Waals surface area contributed by atoms with Gasteiger partial charge in [0.15, 0.2) is 0 Å². The Morgan fingerprint density at radius 1 is 1.56 bits per heavy atom. The maximum atomic E-state index is 6.10. The first-order valence-corrected chi connectivity index (χ1v) is 8.33. The van der Waals surface area contributed by atoms with Gasteiger partial charge in [-0.05, 0) is 50.8 Å². The summed E-state index contributed by atoms with van der Waals surface area (Å²) in [5, 5.41) is 3.52. The minimum Gasteiger partial charge on any atom is -0.385 e. The van der Waals surface area contributed by atoms with Gasteiger partial charge in [-0.2, -0.15) is 11.8 Å². The van der Waals surface area contributed by atoms with Crippen LogP contribution in [0.2, 0.25) is 0 Å². The fraction of sp³-hybridized carbons (Fsp3) is 1.00. The normalized spacial score (nSPS) is 34.0. The Balaban J connectivity index is 1.85. The lowest BCUT2D eigenvalue weighted by Gasteiger charge is -2.41. The average Bonchev–Trinajstić information content (AvgIpc) is 2.83. The average molecular weight is 273 g/mol. The maximum Gasteiger partial charge on any atom is 0.0783 e. The van der Waals surface area contributed by atoms with E-state index in [-0.39, 0.29) is 5.60 Å². The standard InChI is InChI=1S/C14H27NO2S/c1-15-13(4-3-7-16-2)12-5-8-17-14(10-12)6-9-18-11-14/h12-13,15H,3-11H2,1-2H3. The van der Waals surface area contributed by atoms with Crippen LogP contribution < -0.4 is 5.32 Å². The molecule has 0 radical (unpaired) electrons. The van der Waals surface area contributed by atoms with Crippen LogP contribution in [0.4, 0.5) is 0 Å². The predicted octanol–water partition coefficient (Wildman–Crippen LogP) is 2.30. The first-order chi connectivity index (χ1) is 8.79. The van der Waals surface area contributed by atoms with Gasteiger partial charge in [0.1, 0.15) is 0 Å². The van der Waals surface area contributed by atoms with Crippen LogP contribution in [0, 0.1) is 5.92 Å². The zero-order valence-corrected chi connectivity index (χ0v) is 12.6. The third-order valence-electron chi connectivity index (χ3n) is 4.40. The summed E-state index contributed by atoms with van der Waals surface area (Å²) < 4.78 is 11.3. The monoisotopic (exact) mass is 273 g/mol. The van der Waals surface area contributed by atoms with Crippen molar-refractivity contribution in [3.63, 3.8) is 0 Å². The van der Waals surface area contributed by atoms with Crippen LogP contribution in [0.15, 0.2) is 0 Å². The summed E-state index contributed by atoms with van der Waals surface area (Å²) in [5.41, 5.74) is 0.212. The molecule has 2 aliphatic heterocycles. The maximum absolute atomic E-state index is 6.10. The fourth-order valence-electron chi connectivity index (χ4n) is 3.34. The number of ether oxygens (including phenoxy) is 2.